The minimum absolute atomic E-state index is 0.127. The molecule has 3 heteroatoms. The van der Waals surface area contributed by atoms with E-state index in [0.717, 1.165) is 11.8 Å². The summed E-state index contributed by atoms with van der Waals surface area (Å²) in [4.78, 5) is 5.25. The van der Waals surface area contributed by atoms with Gasteiger partial charge < -0.3 is 4.74 Å². The van der Waals surface area contributed by atoms with Crippen LogP contribution in [0.1, 0.15) is 38.3 Å². The highest BCUT2D eigenvalue weighted by molar-refractivity contribution is 7.73. The monoisotopic (exact) mass is 453 g/mol. The van der Waals surface area contributed by atoms with Crippen molar-refractivity contribution in [2.24, 2.45) is 28.2 Å². The smallest absolute Gasteiger partial charge is 0.188 e. The fourth-order valence-electron chi connectivity index (χ4n) is 6.50. The second kappa shape index (κ2) is 8.41. The number of nitrogens with zero attached hydrogens (tertiary/aromatic N) is 1. The van der Waals surface area contributed by atoms with E-state index in [0.29, 0.717) is 29.5 Å². The Hall–Kier alpha value is -2.44. The third kappa shape index (κ3) is 3.64. The number of hydrogen-bond acceptors (Lipinski definition) is 2. The molecule has 2 nitrogen and oxygen atoms in total. The van der Waals surface area contributed by atoms with Gasteiger partial charge in [0.25, 0.3) is 0 Å². The molecule has 3 fully saturated rings. The molecule has 5 atom stereocenters. The summed E-state index contributed by atoms with van der Waals surface area (Å²) in [5.41, 5.74) is 2.19. The van der Waals surface area contributed by atoms with Gasteiger partial charge in [0.2, 0.25) is 0 Å². The van der Waals surface area contributed by atoms with E-state index in [1.807, 2.05) is 0 Å². The summed E-state index contributed by atoms with van der Waals surface area (Å²) in [6, 6.07) is 33.2. The van der Waals surface area contributed by atoms with Crippen molar-refractivity contribution in [2.75, 3.05) is 6.61 Å². The van der Waals surface area contributed by atoms with Gasteiger partial charge in [-0.05, 0) is 59.8 Å². The molecule has 3 aromatic carbocycles. The van der Waals surface area contributed by atoms with Gasteiger partial charge in [0.05, 0.1) is 0 Å². The van der Waals surface area contributed by atoms with Crippen LogP contribution in [-0.4, -0.2) is 18.2 Å². The zero-order valence-electron chi connectivity index (χ0n) is 19.5. The van der Waals surface area contributed by atoms with E-state index < -0.39 is 7.92 Å². The number of benzene rings is 3. The van der Waals surface area contributed by atoms with Gasteiger partial charge >= 0.3 is 0 Å². The molecule has 3 aromatic rings. The van der Waals surface area contributed by atoms with Crippen molar-refractivity contribution in [1.29, 1.82) is 0 Å². The topological polar surface area (TPSA) is 21.6 Å². The van der Waals surface area contributed by atoms with Crippen molar-refractivity contribution in [2.45, 2.75) is 38.4 Å². The first-order chi connectivity index (χ1) is 16.1. The maximum Gasteiger partial charge on any atom is 0.188 e. The molecule has 4 aliphatic rings. The van der Waals surface area contributed by atoms with Crippen LogP contribution >= 0.6 is 7.92 Å². The normalized spacial score (nSPS) is 29.8. The molecule has 168 valence electrons. The summed E-state index contributed by atoms with van der Waals surface area (Å²) in [6.07, 6.45) is 2.58. The molecule has 1 heterocycles. The van der Waals surface area contributed by atoms with Crippen LogP contribution in [0.5, 0.6) is 0 Å². The predicted molar refractivity (Wildman–Crippen MR) is 139 cm³/mol. The van der Waals surface area contributed by atoms with Crippen molar-refractivity contribution in [3.8, 4) is 0 Å². The first kappa shape index (κ1) is 21.1. The number of fused-ring (bicyclic) bond motifs is 2. The Kier molecular flexibility index (Phi) is 5.38. The highest BCUT2D eigenvalue weighted by atomic mass is 31.1. The molecule has 0 aromatic heterocycles. The van der Waals surface area contributed by atoms with Gasteiger partial charge in [-0.25, -0.2) is 4.99 Å². The van der Waals surface area contributed by atoms with Gasteiger partial charge in [0, 0.05) is 5.92 Å². The van der Waals surface area contributed by atoms with Crippen LogP contribution in [0, 0.1) is 23.2 Å². The Morgan fingerprint density at radius 3 is 1.94 bits per heavy atom. The summed E-state index contributed by atoms with van der Waals surface area (Å²) in [5.74, 6) is 2.87. The molecule has 0 spiro atoms. The summed E-state index contributed by atoms with van der Waals surface area (Å²) in [6.45, 7) is 5.63. The fraction of sp³-hybridized carbons (Fsp3) is 0.367. The van der Waals surface area contributed by atoms with Gasteiger partial charge in [0.1, 0.15) is 12.6 Å². The lowest BCUT2D eigenvalue weighted by atomic mass is 9.45. The molecule has 2 bridgehead atoms. The van der Waals surface area contributed by atoms with E-state index in [-0.39, 0.29) is 6.04 Å². The van der Waals surface area contributed by atoms with Crippen molar-refractivity contribution < 1.29 is 4.74 Å². The lowest BCUT2D eigenvalue weighted by Gasteiger charge is -2.63. The van der Waals surface area contributed by atoms with Crippen LogP contribution in [0.2, 0.25) is 0 Å². The molecule has 3 aliphatic carbocycles. The van der Waals surface area contributed by atoms with Crippen LogP contribution in [0.4, 0.5) is 0 Å². The zero-order valence-corrected chi connectivity index (χ0v) is 20.4. The Morgan fingerprint density at radius 1 is 0.788 bits per heavy atom. The lowest BCUT2D eigenvalue weighted by molar-refractivity contribution is -0.0860. The van der Waals surface area contributed by atoms with Crippen LogP contribution in [0.15, 0.2) is 96.0 Å². The second-order valence-corrected chi connectivity index (χ2v) is 12.9. The summed E-state index contributed by atoms with van der Waals surface area (Å²) >= 11 is 0. The standard InChI is InChI=1S/C30H32NOP/c1-30(2)22-18-25(30)28(29-31-26(20-32-29)21-12-6-3-7-13-21)27(19-22)33(23-14-8-4-9-15-23)24-16-10-5-11-17-24/h3-17,22,25-28H,18-20H2,1-2H3/t22-,25+,26+,27+,28+/m1/s1. The molecule has 0 radical (unpaired) electrons. The van der Waals surface area contributed by atoms with Gasteiger partial charge in [-0.15, -0.1) is 0 Å². The van der Waals surface area contributed by atoms with E-state index in [9.17, 15) is 0 Å². The van der Waals surface area contributed by atoms with E-state index in [4.69, 9.17) is 9.73 Å². The third-order valence-electron chi connectivity index (χ3n) is 8.46. The SMILES string of the molecule is CC1(C)[C@H]2C[C@H](P(c3ccccc3)c3ccccc3)[C@@H](C3=N[C@H](c4ccccc4)CO3)[C@@H]1C2. The zero-order chi connectivity index (χ0) is 22.4. The molecule has 0 saturated heterocycles. The molecule has 33 heavy (non-hydrogen) atoms. The number of aliphatic imine (C=N–C) groups is 1. The Morgan fingerprint density at radius 2 is 1.36 bits per heavy atom. The van der Waals surface area contributed by atoms with Gasteiger partial charge in [0.15, 0.2) is 5.90 Å². The average molecular weight is 454 g/mol. The van der Waals surface area contributed by atoms with Crippen molar-refractivity contribution in [3.63, 3.8) is 0 Å². The van der Waals surface area contributed by atoms with Crippen molar-refractivity contribution >= 4 is 24.4 Å². The Bertz CT molecular complexity index is 1090. The Labute approximate surface area is 198 Å². The molecule has 0 N–H and O–H groups in total. The first-order valence-corrected chi connectivity index (χ1v) is 13.7. The molecule has 0 unspecified atom stereocenters. The molecule has 1 aliphatic heterocycles. The van der Waals surface area contributed by atoms with Crippen LogP contribution < -0.4 is 10.6 Å². The summed E-state index contributed by atoms with van der Waals surface area (Å²) in [7, 11) is -0.491. The molecule has 7 rings (SSSR count). The number of rotatable bonds is 5. The van der Waals surface area contributed by atoms with E-state index >= 15 is 0 Å². The lowest BCUT2D eigenvalue weighted by Crippen LogP contribution is -2.59. The van der Waals surface area contributed by atoms with E-state index in [1.165, 1.54) is 29.0 Å². The summed E-state index contributed by atoms with van der Waals surface area (Å²) < 4.78 is 6.46. The fourth-order valence-corrected chi connectivity index (χ4v) is 9.68. The van der Waals surface area contributed by atoms with Gasteiger partial charge in [-0.2, -0.15) is 0 Å². The van der Waals surface area contributed by atoms with Crippen LogP contribution in [0.3, 0.4) is 0 Å². The van der Waals surface area contributed by atoms with Gasteiger partial charge in [-0.1, -0.05) is 105 Å². The third-order valence-corrected chi connectivity index (χ3v) is 11.4. The molecule has 3 saturated carbocycles. The maximum absolute atomic E-state index is 6.46. The van der Waals surface area contributed by atoms with Crippen LogP contribution in [0.25, 0.3) is 0 Å². The van der Waals surface area contributed by atoms with E-state index in [1.54, 1.807) is 0 Å². The summed E-state index contributed by atoms with van der Waals surface area (Å²) in [5, 5.41) is 2.96. The number of hydrogen-bond donors (Lipinski definition) is 0. The van der Waals surface area contributed by atoms with Gasteiger partial charge in [-0.3, -0.25) is 0 Å². The second-order valence-electron chi connectivity index (χ2n) is 10.4. The predicted octanol–water partition coefficient (Wildman–Crippen LogP) is 6.34. The Balaban J connectivity index is 1.42. The maximum atomic E-state index is 6.46. The molecule has 0 amide bonds. The molecular formula is C30H32NOP. The minimum Gasteiger partial charge on any atom is -0.478 e. The average Bonchev–Trinajstić information content (AvgIpc) is 3.36. The van der Waals surface area contributed by atoms with E-state index in [2.05, 4.69) is 105 Å². The first-order valence-electron chi connectivity index (χ1n) is 12.3. The largest absolute Gasteiger partial charge is 0.478 e. The minimum atomic E-state index is -0.491. The molecular weight excluding hydrogens is 421 g/mol. The number of ether oxygens (including phenoxy) is 1. The van der Waals surface area contributed by atoms with Crippen molar-refractivity contribution in [3.05, 3.63) is 96.6 Å². The highest BCUT2D eigenvalue weighted by Gasteiger charge is 2.61. The van der Waals surface area contributed by atoms with Crippen molar-refractivity contribution in [1.82, 2.24) is 0 Å². The van der Waals surface area contributed by atoms with Crippen LogP contribution in [-0.2, 0) is 4.74 Å². The highest BCUT2D eigenvalue weighted by Crippen LogP contribution is 2.67. The quantitative estimate of drug-likeness (QED) is 0.413.